The molecule has 0 aromatic heterocycles. The molecule has 0 saturated heterocycles. The Labute approximate surface area is 99.0 Å². The highest BCUT2D eigenvalue weighted by molar-refractivity contribution is 5.99. The predicted octanol–water partition coefficient (Wildman–Crippen LogP) is 3.10. The molecule has 0 aliphatic rings. The molecule has 88 valence electrons. The maximum atomic E-state index is 4.46. The largest absolute Gasteiger partial charge is 0.303 e. The van der Waals surface area contributed by atoms with Gasteiger partial charge in [-0.05, 0) is 30.9 Å². The van der Waals surface area contributed by atoms with Crippen LogP contribution >= 0.6 is 0 Å². The van der Waals surface area contributed by atoms with E-state index in [1.54, 1.807) is 0 Å². The van der Waals surface area contributed by atoms with Crippen LogP contribution in [0.15, 0.2) is 23.3 Å². The topological polar surface area (TPSA) is 15.6 Å². The van der Waals surface area contributed by atoms with E-state index in [9.17, 15) is 0 Å². The summed E-state index contributed by atoms with van der Waals surface area (Å²) in [6.45, 7) is 6.45. The smallest absolute Gasteiger partial charge is 0.0649 e. The lowest BCUT2D eigenvalue weighted by molar-refractivity contribution is 0.438. The Morgan fingerprint density at radius 2 is 1.88 bits per heavy atom. The van der Waals surface area contributed by atoms with Gasteiger partial charge in [0.1, 0.15) is 0 Å². The van der Waals surface area contributed by atoms with Crippen LogP contribution in [0.2, 0.25) is 0 Å². The molecule has 0 saturated carbocycles. The standard InChI is InChI=1S/C14H22N2/c1-6-12-8-9-14(13(7-2)10-12)11(3)15-16(4)5/h8-10H,6-7H2,1-5H3/b15-11+. The quantitative estimate of drug-likeness (QED) is 0.560. The summed E-state index contributed by atoms with van der Waals surface area (Å²) in [6, 6.07) is 6.69. The average molecular weight is 218 g/mol. The van der Waals surface area contributed by atoms with Crippen LogP contribution in [0.3, 0.4) is 0 Å². The summed E-state index contributed by atoms with van der Waals surface area (Å²) in [5, 5.41) is 6.31. The molecule has 2 nitrogen and oxygen atoms in total. The van der Waals surface area contributed by atoms with Crippen molar-refractivity contribution in [1.29, 1.82) is 0 Å². The molecule has 0 heterocycles. The normalized spacial score (nSPS) is 11.7. The Morgan fingerprint density at radius 3 is 2.38 bits per heavy atom. The fourth-order valence-corrected chi connectivity index (χ4v) is 1.87. The second-order valence-corrected chi connectivity index (χ2v) is 4.23. The van der Waals surface area contributed by atoms with Gasteiger partial charge in [0.2, 0.25) is 0 Å². The van der Waals surface area contributed by atoms with Crippen molar-refractivity contribution >= 4 is 5.71 Å². The summed E-state index contributed by atoms with van der Waals surface area (Å²) in [5.74, 6) is 0. The Kier molecular flexibility index (Phi) is 4.53. The minimum absolute atomic E-state index is 1.06. The predicted molar refractivity (Wildman–Crippen MR) is 71.1 cm³/mol. The first-order valence-corrected chi connectivity index (χ1v) is 5.93. The van der Waals surface area contributed by atoms with E-state index in [1.807, 2.05) is 19.1 Å². The van der Waals surface area contributed by atoms with Gasteiger partial charge in [-0.1, -0.05) is 32.0 Å². The monoisotopic (exact) mass is 218 g/mol. The van der Waals surface area contributed by atoms with Crippen molar-refractivity contribution < 1.29 is 0 Å². The number of benzene rings is 1. The van der Waals surface area contributed by atoms with Gasteiger partial charge < -0.3 is 5.01 Å². The van der Waals surface area contributed by atoms with Gasteiger partial charge in [0.05, 0.1) is 5.71 Å². The molecule has 0 bridgehead atoms. The van der Waals surface area contributed by atoms with E-state index in [4.69, 9.17) is 0 Å². The first-order valence-electron chi connectivity index (χ1n) is 5.93. The third-order valence-electron chi connectivity index (χ3n) is 2.70. The van der Waals surface area contributed by atoms with Gasteiger partial charge in [0, 0.05) is 19.7 Å². The molecule has 0 radical (unpaired) electrons. The number of nitrogens with zero attached hydrogens (tertiary/aromatic N) is 2. The molecule has 0 aliphatic carbocycles. The zero-order chi connectivity index (χ0) is 12.1. The molecule has 0 atom stereocenters. The van der Waals surface area contributed by atoms with Gasteiger partial charge in [-0.3, -0.25) is 0 Å². The van der Waals surface area contributed by atoms with Crippen LogP contribution in [-0.4, -0.2) is 24.8 Å². The van der Waals surface area contributed by atoms with Crippen molar-refractivity contribution in [2.45, 2.75) is 33.6 Å². The fraction of sp³-hybridized carbons (Fsp3) is 0.500. The summed E-state index contributed by atoms with van der Waals surface area (Å²) in [6.07, 6.45) is 2.15. The lowest BCUT2D eigenvalue weighted by atomic mass is 9.98. The molecular weight excluding hydrogens is 196 g/mol. The molecule has 1 aromatic carbocycles. The van der Waals surface area contributed by atoms with Crippen LogP contribution < -0.4 is 0 Å². The highest BCUT2D eigenvalue weighted by Gasteiger charge is 2.05. The van der Waals surface area contributed by atoms with E-state index in [1.165, 1.54) is 16.7 Å². The van der Waals surface area contributed by atoms with Crippen LogP contribution in [0.5, 0.6) is 0 Å². The lowest BCUT2D eigenvalue weighted by Crippen LogP contribution is -2.09. The Balaban J connectivity index is 3.13. The van der Waals surface area contributed by atoms with Gasteiger partial charge >= 0.3 is 0 Å². The molecule has 0 unspecified atom stereocenters. The molecule has 0 N–H and O–H groups in total. The average Bonchev–Trinajstić information content (AvgIpc) is 2.27. The van der Waals surface area contributed by atoms with Gasteiger partial charge in [0.15, 0.2) is 0 Å². The molecule has 0 aliphatic heterocycles. The minimum Gasteiger partial charge on any atom is -0.303 e. The first kappa shape index (κ1) is 12.8. The Bertz CT molecular complexity index is 378. The van der Waals surface area contributed by atoms with Crippen LogP contribution in [0, 0.1) is 0 Å². The second-order valence-electron chi connectivity index (χ2n) is 4.23. The van der Waals surface area contributed by atoms with Crippen molar-refractivity contribution in [3.8, 4) is 0 Å². The summed E-state index contributed by atoms with van der Waals surface area (Å²) in [7, 11) is 3.91. The third kappa shape index (κ3) is 3.09. The number of hydrogen-bond acceptors (Lipinski definition) is 2. The van der Waals surface area contributed by atoms with E-state index in [0.29, 0.717) is 0 Å². The molecule has 1 rings (SSSR count). The minimum atomic E-state index is 1.06. The van der Waals surface area contributed by atoms with Crippen molar-refractivity contribution in [2.75, 3.05) is 14.1 Å². The molecular formula is C14H22N2. The summed E-state index contributed by atoms with van der Waals surface area (Å²) < 4.78 is 0. The third-order valence-corrected chi connectivity index (χ3v) is 2.70. The highest BCUT2D eigenvalue weighted by Crippen LogP contribution is 2.15. The van der Waals surface area contributed by atoms with Gasteiger partial charge in [0.25, 0.3) is 0 Å². The summed E-state index contributed by atoms with van der Waals surface area (Å²) in [4.78, 5) is 0. The number of hydrogen-bond donors (Lipinski definition) is 0. The highest BCUT2D eigenvalue weighted by atomic mass is 15.4. The zero-order valence-corrected chi connectivity index (χ0v) is 11.0. The first-order chi connectivity index (χ1) is 7.58. The molecule has 0 fully saturated rings. The van der Waals surface area contributed by atoms with Crippen molar-refractivity contribution in [3.05, 3.63) is 34.9 Å². The number of aryl methyl sites for hydroxylation is 2. The maximum Gasteiger partial charge on any atom is 0.0649 e. The number of rotatable bonds is 4. The van der Waals surface area contributed by atoms with E-state index in [-0.39, 0.29) is 0 Å². The van der Waals surface area contributed by atoms with Crippen molar-refractivity contribution in [3.63, 3.8) is 0 Å². The molecule has 0 amide bonds. The lowest BCUT2D eigenvalue weighted by Gasteiger charge is -2.12. The molecule has 0 spiro atoms. The van der Waals surface area contributed by atoms with E-state index in [2.05, 4.69) is 44.1 Å². The van der Waals surface area contributed by atoms with Crippen LogP contribution in [0.1, 0.15) is 37.5 Å². The van der Waals surface area contributed by atoms with E-state index in [0.717, 1.165) is 18.6 Å². The van der Waals surface area contributed by atoms with Crippen molar-refractivity contribution in [1.82, 2.24) is 5.01 Å². The molecule has 1 aromatic rings. The molecule has 2 heteroatoms. The SMILES string of the molecule is CCc1ccc(/C(C)=N/N(C)C)c(CC)c1. The number of hydrazone groups is 1. The van der Waals surface area contributed by atoms with Crippen LogP contribution in [-0.2, 0) is 12.8 Å². The summed E-state index contributed by atoms with van der Waals surface area (Å²) in [5.41, 5.74) is 5.15. The maximum absolute atomic E-state index is 4.46. The second kappa shape index (κ2) is 5.69. The molecule has 16 heavy (non-hydrogen) atoms. The van der Waals surface area contributed by atoms with Gasteiger partial charge in [-0.15, -0.1) is 0 Å². The van der Waals surface area contributed by atoms with E-state index < -0.39 is 0 Å². The Hall–Kier alpha value is -1.31. The van der Waals surface area contributed by atoms with E-state index >= 15 is 0 Å². The fourth-order valence-electron chi connectivity index (χ4n) is 1.87. The van der Waals surface area contributed by atoms with Gasteiger partial charge in [-0.25, -0.2) is 0 Å². The van der Waals surface area contributed by atoms with Gasteiger partial charge in [-0.2, -0.15) is 5.10 Å². The van der Waals surface area contributed by atoms with Crippen molar-refractivity contribution in [2.24, 2.45) is 5.10 Å². The Morgan fingerprint density at radius 1 is 1.19 bits per heavy atom. The van der Waals surface area contributed by atoms with Crippen LogP contribution in [0.4, 0.5) is 0 Å². The van der Waals surface area contributed by atoms with Crippen LogP contribution in [0.25, 0.3) is 0 Å². The summed E-state index contributed by atoms with van der Waals surface area (Å²) >= 11 is 0. The zero-order valence-electron chi connectivity index (χ0n) is 11.0.